The van der Waals surface area contributed by atoms with Crippen LogP contribution >= 0.6 is 0 Å². The molecule has 1 rings (SSSR count). The molecular weight excluding hydrogens is 202 g/mol. The fraction of sp³-hybridized carbons (Fsp3) is 0.538. The molecule has 1 aromatic carbocycles. The molecule has 3 heteroatoms. The van der Waals surface area contributed by atoms with E-state index in [1.165, 1.54) is 0 Å². The summed E-state index contributed by atoms with van der Waals surface area (Å²) in [6.07, 6.45) is 0.163. The number of anilines is 1. The number of nitrogen functional groups attached to an aromatic ring is 1. The number of ether oxygens (including phenoxy) is 2. The fourth-order valence-corrected chi connectivity index (χ4v) is 1.26. The third kappa shape index (κ3) is 3.65. The van der Waals surface area contributed by atoms with Gasteiger partial charge in [-0.1, -0.05) is 13.8 Å². The van der Waals surface area contributed by atoms with Crippen molar-refractivity contribution in [3.8, 4) is 11.5 Å². The van der Waals surface area contributed by atoms with Crippen molar-refractivity contribution in [1.29, 1.82) is 0 Å². The van der Waals surface area contributed by atoms with E-state index in [1.807, 2.05) is 26.0 Å². The van der Waals surface area contributed by atoms with Crippen LogP contribution in [0.4, 0.5) is 5.69 Å². The molecule has 0 saturated heterocycles. The number of hydrogen-bond donors (Lipinski definition) is 1. The van der Waals surface area contributed by atoms with Gasteiger partial charge in [-0.05, 0) is 19.8 Å². The second kappa shape index (κ2) is 5.64. The predicted molar refractivity (Wildman–Crippen MR) is 67.0 cm³/mol. The van der Waals surface area contributed by atoms with Gasteiger partial charge in [0.25, 0.3) is 0 Å². The zero-order valence-corrected chi connectivity index (χ0v) is 10.5. The molecule has 90 valence electrons. The molecule has 0 aliphatic carbocycles. The van der Waals surface area contributed by atoms with E-state index in [2.05, 4.69) is 13.8 Å². The largest absolute Gasteiger partial charge is 0.494 e. The Morgan fingerprint density at radius 2 is 1.75 bits per heavy atom. The highest BCUT2D eigenvalue weighted by Gasteiger charge is 2.09. The van der Waals surface area contributed by atoms with Gasteiger partial charge in [0.15, 0.2) is 0 Å². The Bertz CT molecular complexity index is 337. The lowest BCUT2D eigenvalue weighted by molar-refractivity contribution is 0.170. The SMILES string of the molecule is CCOc1cc(N)cc(OC(C)C(C)C)c1. The highest BCUT2D eigenvalue weighted by molar-refractivity contribution is 5.50. The first-order chi connectivity index (χ1) is 7.52. The summed E-state index contributed by atoms with van der Waals surface area (Å²) in [6.45, 7) is 8.87. The minimum atomic E-state index is 0.163. The van der Waals surface area contributed by atoms with E-state index >= 15 is 0 Å². The molecule has 0 fully saturated rings. The Morgan fingerprint density at radius 3 is 2.31 bits per heavy atom. The van der Waals surface area contributed by atoms with E-state index in [4.69, 9.17) is 15.2 Å². The molecule has 0 heterocycles. The minimum Gasteiger partial charge on any atom is -0.494 e. The third-order valence-corrected chi connectivity index (χ3v) is 2.47. The maximum atomic E-state index is 5.78. The quantitative estimate of drug-likeness (QED) is 0.780. The van der Waals surface area contributed by atoms with Crippen molar-refractivity contribution in [2.24, 2.45) is 5.92 Å². The Morgan fingerprint density at radius 1 is 1.12 bits per heavy atom. The number of nitrogens with two attached hydrogens (primary N) is 1. The van der Waals surface area contributed by atoms with Crippen LogP contribution in [0.5, 0.6) is 11.5 Å². The Hall–Kier alpha value is -1.38. The van der Waals surface area contributed by atoms with E-state index in [0.29, 0.717) is 18.2 Å². The van der Waals surface area contributed by atoms with Crippen LogP contribution in [0.15, 0.2) is 18.2 Å². The fourth-order valence-electron chi connectivity index (χ4n) is 1.26. The van der Waals surface area contributed by atoms with Crippen LogP contribution in [0.2, 0.25) is 0 Å². The standard InChI is InChI=1S/C13H21NO2/c1-5-15-12-6-11(14)7-13(8-12)16-10(4)9(2)3/h6-10H,5,14H2,1-4H3. The molecular formula is C13H21NO2. The van der Waals surface area contributed by atoms with E-state index in [1.54, 1.807) is 6.07 Å². The average Bonchev–Trinajstić information content (AvgIpc) is 2.16. The summed E-state index contributed by atoms with van der Waals surface area (Å²) in [4.78, 5) is 0. The number of rotatable bonds is 5. The monoisotopic (exact) mass is 223 g/mol. The molecule has 3 nitrogen and oxygen atoms in total. The van der Waals surface area contributed by atoms with Gasteiger partial charge >= 0.3 is 0 Å². The van der Waals surface area contributed by atoms with Crippen molar-refractivity contribution in [3.63, 3.8) is 0 Å². The first-order valence-electron chi connectivity index (χ1n) is 5.73. The second-order valence-corrected chi connectivity index (χ2v) is 4.24. The van der Waals surface area contributed by atoms with E-state index in [9.17, 15) is 0 Å². The van der Waals surface area contributed by atoms with Gasteiger partial charge in [0.1, 0.15) is 11.5 Å². The van der Waals surface area contributed by atoms with Crippen molar-refractivity contribution in [3.05, 3.63) is 18.2 Å². The molecule has 0 aliphatic heterocycles. The zero-order chi connectivity index (χ0) is 12.1. The van der Waals surface area contributed by atoms with Gasteiger partial charge in [0.05, 0.1) is 12.7 Å². The summed E-state index contributed by atoms with van der Waals surface area (Å²) in [6, 6.07) is 5.50. The lowest BCUT2D eigenvalue weighted by Crippen LogP contribution is -2.18. The molecule has 0 aromatic heterocycles. The number of benzene rings is 1. The Kier molecular flexibility index (Phi) is 4.47. The lowest BCUT2D eigenvalue weighted by Gasteiger charge is -2.19. The smallest absolute Gasteiger partial charge is 0.125 e. The molecule has 0 amide bonds. The highest BCUT2D eigenvalue weighted by atomic mass is 16.5. The molecule has 0 spiro atoms. The van der Waals surface area contributed by atoms with Crippen LogP contribution in [0.25, 0.3) is 0 Å². The van der Waals surface area contributed by atoms with Crippen molar-refractivity contribution in [2.75, 3.05) is 12.3 Å². The van der Waals surface area contributed by atoms with Gasteiger partial charge in [0.2, 0.25) is 0 Å². The first kappa shape index (κ1) is 12.7. The van der Waals surface area contributed by atoms with Gasteiger partial charge in [-0.2, -0.15) is 0 Å². The maximum absolute atomic E-state index is 5.78. The molecule has 0 bridgehead atoms. The number of hydrogen-bond acceptors (Lipinski definition) is 3. The second-order valence-electron chi connectivity index (χ2n) is 4.24. The van der Waals surface area contributed by atoms with Gasteiger partial charge in [0, 0.05) is 23.9 Å². The zero-order valence-electron chi connectivity index (χ0n) is 10.5. The van der Waals surface area contributed by atoms with Gasteiger partial charge in [-0.25, -0.2) is 0 Å². The van der Waals surface area contributed by atoms with Crippen molar-refractivity contribution in [2.45, 2.75) is 33.8 Å². The van der Waals surface area contributed by atoms with Crippen LogP contribution in [0, 0.1) is 5.92 Å². The van der Waals surface area contributed by atoms with Gasteiger partial charge < -0.3 is 15.2 Å². The lowest BCUT2D eigenvalue weighted by atomic mass is 10.1. The Balaban J connectivity index is 2.79. The predicted octanol–water partition coefficient (Wildman–Crippen LogP) is 3.09. The first-order valence-corrected chi connectivity index (χ1v) is 5.73. The van der Waals surface area contributed by atoms with E-state index in [0.717, 1.165) is 11.5 Å². The summed E-state index contributed by atoms with van der Waals surface area (Å²) in [5.74, 6) is 2.00. The summed E-state index contributed by atoms with van der Waals surface area (Å²) >= 11 is 0. The highest BCUT2D eigenvalue weighted by Crippen LogP contribution is 2.26. The van der Waals surface area contributed by atoms with Crippen molar-refractivity contribution >= 4 is 5.69 Å². The molecule has 16 heavy (non-hydrogen) atoms. The molecule has 0 aliphatic rings. The van der Waals surface area contributed by atoms with E-state index < -0.39 is 0 Å². The average molecular weight is 223 g/mol. The molecule has 2 N–H and O–H groups in total. The van der Waals surface area contributed by atoms with Crippen LogP contribution < -0.4 is 15.2 Å². The summed E-state index contributed by atoms with van der Waals surface area (Å²) in [5, 5.41) is 0. The van der Waals surface area contributed by atoms with Crippen LogP contribution in [-0.2, 0) is 0 Å². The van der Waals surface area contributed by atoms with Crippen molar-refractivity contribution < 1.29 is 9.47 Å². The molecule has 1 aromatic rings. The molecule has 0 saturated carbocycles. The van der Waals surface area contributed by atoms with E-state index in [-0.39, 0.29) is 6.10 Å². The normalized spacial score (nSPS) is 12.6. The van der Waals surface area contributed by atoms with Gasteiger partial charge in [-0.3, -0.25) is 0 Å². The van der Waals surface area contributed by atoms with Crippen LogP contribution in [0.3, 0.4) is 0 Å². The van der Waals surface area contributed by atoms with Crippen molar-refractivity contribution in [1.82, 2.24) is 0 Å². The molecule has 0 radical (unpaired) electrons. The maximum Gasteiger partial charge on any atom is 0.125 e. The Labute approximate surface area is 97.6 Å². The summed E-state index contributed by atoms with van der Waals surface area (Å²) in [5.41, 5.74) is 6.45. The summed E-state index contributed by atoms with van der Waals surface area (Å²) in [7, 11) is 0. The third-order valence-electron chi connectivity index (χ3n) is 2.47. The van der Waals surface area contributed by atoms with Crippen LogP contribution in [0.1, 0.15) is 27.7 Å². The van der Waals surface area contributed by atoms with Gasteiger partial charge in [-0.15, -0.1) is 0 Å². The molecule has 1 atom stereocenters. The topological polar surface area (TPSA) is 44.5 Å². The van der Waals surface area contributed by atoms with Crippen LogP contribution in [-0.4, -0.2) is 12.7 Å². The minimum absolute atomic E-state index is 0.163. The molecule has 1 unspecified atom stereocenters. The summed E-state index contributed by atoms with van der Waals surface area (Å²) < 4.78 is 11.2.